The molecular weight excluding hydrogens is 236 g/mol. The number of hydrogen-bond acceptors (Lipinski definition) is 4. The van der Waals surface area contributed by atoms with Crippen LogP contribution in [0.2, 0.25) is 0 Å². The van der Waals surface area contributed by atoms with Crippen LogP contribution in [0.5, 0.6) is 5.88 Å². The average molecular weight is 252 g/mol. The third kappa shape index (κ3) is 2.23. The van der Waals surface area contributed by atoms with Crippen molar-refractivity contribution in [3.63, 3.8) is 0 Å². The second kappa shape index (κ2) is 4.80. The number of nitrogens with one attached hydrogen (secondary N) is 1. The van der Waals surface area contributed by atoms with E-state index in [0.717, 1.165) is 23.8 Å². The SMILES string of the molecule is CC(=O)n1c(CC2CCCCC2=O)c(O)[nH]c1=O. The maximum absolute atomic E-state index is 11.7. The van der Waals surface area contributed by atoms with Crippen LogP contribution in [0.1, 0.15) is 43.1 Å². The van der Waals surface area contributed by atoms with Gasteiger partial charge in [0.2, 0.25) is 11.8 Å². The molecule has 1 atom stereocenters. The summed E-state index contributed by atoms with van der Waals surface area (Å²) >= 11 is 0. The van der Waals surface area contributed by atoms with Gasteiger partial charge in [-0.3, -0.25) is 14.6 Å². The van der Waals surface area contributed by atoms with E-state index in [1.165, 1.54) is 6.92 Å². The fourth-order valence-corrected chi connectivity index (χ4v) is 2.48. The maximum atomic E-state index is 11.7. The van der Waals surface area contributed by atoms with Gasteiger partial charge in [0.1, 0.15) is 5.78 Å². The van der Waals surface area contributed by atoms with Gasteiger partial charge >= 0.3 is 5.69 Å². The summed E-state index contributed by atoms with van der Waals surface area (Å²) in [5.74, 6) is -0.835. The van der Waals surface area contributed by atoms with E-state index >= 15 is 0 Å². The van der Waals surface area contributed by atoms with E-state index in [4.69, 9.17) is 0 Å². The summed E-state index contributed by atoms with van der Waals surface area (Å²) < 4.78 is 0.900. The van der Waals surface area contributed by atoms with Crippen LogP contribution in [0.25, 0.3) is 0 Å². The van der Waals surface area contributed by atoms with E-state index < -0.39 is 11.6 Å². The van der Waals surface area contributed by atoms with Crippen LogP contribution >= 0.6 is 0 Å². The molecule has 0 spiro atoms. The average Bonchev–Trinajstić information content (AvgIpc) is 2.57. The van der Waals surface area contributed by atoms with Crippen molar-refractivity contribution in [2.75, 3.05) is 0 Å². The molecule has 1 heterocycles. The first-order valence-corrected chi connectivity index (χ1v) is 6.07. The fourth-order valence-electron chi connectivity index (χ4n) is 2.48. The minimum atomic E-state index is -0.654. The largest absolute Gasteiger partial charge is 0.493 e. The number of aromatic hydroxyl groups is 1. The van der Waals surface area contributed by atoms with E-state index in [1.54, 1.807) is 0 Å². The molecule has 1 aliphatic rings. The summed E-state index contributed by atoms with van der Waals surface area (Å²) in [4.78, 5) is 36.8. The summed E-state index contributed by atoms with van der Waals surface area (Å²) in [6.45, 7) is 1.25. The van der Waals surface area contributed by atoms with Crippen molar-refractivity contribution in [3.8, 4) is 5.88 Å². The van der Waals surface area contributed by atoms with Gasteiger partial charge in [-0.2, -0.15) is 0 Å². The smallest absolute Gasteiger partial charge is 0.335 e. The Balaban J connectivity index is 2.31. The second-order valence-electron chi connectivity index (χ2n) is 4.69. The zero-order valence-electron chi connectivity index (χ0n) is 10.2. The number of aromatic nitrogens is 2. The molecule has 98 valence electrons. The van der Waals surface area contributed by atoms with E-state index in [9.17, 15) is 19.5 Å². The monoisotopic (exact) mass is 252 g/mol. The highest BCUT2D eigenvalue weighted by atomic mass is 16.3. The van der Waals surface area contributed by atoms with Crippen molar-refractivity contribution < 1.29 is 14.7 Å². The second-order valence-corrected chi connectivity index (χ2v) is 4.69. The number of carbonyl (C=O) groups excluding carboxylic acids is 2. The molecule has 0 aliphatic heterocycles. The molecule has 0 radical (unpaired) electrons. The van der Waals surface area contributed by atoms with E-state index in [1.807, 2.05) is 0 Å². The summed E-state index contributed by atoms with van der Waals surface area (Å²) in [5, 5.41) is 9.64. The number of imidazole rings is 1. The molecule has 0 bridgehead atoms. The zero-order chi connectivity index (χ0) is 13.3. The molecule has 2 N–H and O–H groups in total. The lowest BCUT2D eigenvalue weighted by Crippen LogP contribution is -2.27. The van der Waals surface area contributed by atoms with Gasteiger partial charge in [0, 0.05) is 25.7 Å². The zero-order valence-corrected chi connectivity index (χ0v) is 10.2. The first-order chi connectivity index (χ1) is 8.50. The van der Waals surface area contributed by atoms with Crippen LogP contribution in [0.3, 0.4) is 0 Å². The Morgan fingerprint density at radius 3 is 2.78 bits per heavy atom. The molecule has 18 heavy (non-hydrogen) atoms. The van der Waals surface area contributed by atoms with Crippen LogP contribution in [0.4, 0.5) is 0 Å². The Hall–Kier alpha value is -1.85. The molecule has 0 saturated heterocycles. The summed E-state index contributed by atoms with van der Waals surface area (Å²) in [7, 11) is 0. The first-order valence-electron chi connectivity index (χ1n) is 6.07. The summed E-state index contributed by atoms with van der Waals surface area (Å²) in [6, 6.07) is 0. The van der Waals surface area contributed by atoms with Gasteiger partial charge in [-0.1, -0.05) is 6.42 Å². The standard InChI is InChI=1S/C12H16N2O4/c1-7(15)14-9(11(17)13-12(14)18)6-8-4-2-3-5-10(8)16/h8,17H,2-6H2,1H3,(H,13,18). The van der Waals surface area contributed by atoms with Crippen molar-refractivity contribution >= 4 is 11.7 Å². The van der Waals surface area contributed by atoms with Gasteiger partial charge in [0.05, 0.1) is 5.69 Å². The van der Waals surface area contributed by atoms with Gasteiger partial charge in [0.15, 0.2) is 0 Å². The molecule has 1 saturated carbocycles. The molecule has 1 unspecified atom stereocenters. The fraction of sp³-hybridized carbons (Fsp3) is 0.583. The molecule has 1 aromatic rings. The Morgan fingerprint density at radius 1 is 1.44 bits per heavy atom. The van der Waals surface area contributed by atoms with Crippen molar-refractivity contribution in [1.82, 2.24) is 9.55 Å². The third-order valence-electron chi connectivity index (χ3n) is 3.41. The summed E-state index contributed by atoms with van der Waals surface area (Å²) in [5.41, 5.74) is -0.439. The molecule has 1 aromatic heterocycles. The molecule has 0 amide bonds. The highest BCUT2D eigenvalue weighted by Crippen LogP contribution is 2.26. The predicted molar refractivity (Wildman–Crippen MR) is 63.7 cm³/mol. The highest BCUT2D eigenvalue weighted by molar-refractivity contribution is 5.82. The number of hydrogen-bond donors (Lipinski definition) is 2. The van der Waals surface area contributed by atoms with Gasteiger partial charge in [-0.05, 0) is 12.8 Å². The van der Waals surface area contributed by atoms with E-state index in [-0.39, 0.29) is 29.7 Å². The van der Waals surface area contributed by atoms with Gasteiger partial charge in [-0.15, -0.1) is 0 Å². The minimum absolute atomic E-state index is 0.143. The molecule has 6 nitrogen and oxygen atoms in total. The van der Waals surface area contributed by atoms with Crippen molar-refractivity contribution in [2.24, 2.45) is 5.92 Å². The Morgan fingerprint density at radius 2 is 2.17 bits per heavy atom. The van der Waals surface area contributed by atoms with Gasteiger partial charge in [0.25, 0.3) is 0 Å². The topological polar surface area (TPSA) is 92.2 Å². The van der Waals surface area contributed by atoms with Gasteiger partial charge in [-0.25, -0.2) is 9.36 Å². The highest BCUT2D eigenvalue weighted by Gasteiger charge is 2.26. The molecule has 1 fully saturated rings. The molecule has 1 aliphatic carbocycles. The lowest BCUT2D eigenvalue weighted by Gasteiger charge is -2.20. The summed E-state index contributed by atoms with van der Waals surface area (Å²) in [6.07, 6.45) is 3.39. The number of rotatable bonds is 2. The van der Waals surface area contributed by atoms with Gasteiger partial charge < -0.3 is 5.11 Å². The lowest BCUT2D eigenvalue weighted by molar-refractivity contribution is -0.124. The van der Waals surface area contributed by atoms with Crippen LogP contribution in [0.15, 0.2) is 4.79 Å². The lowest BCUT2D eigenvalue weighted by atomic mass is 9.85. The van der Waals surface area contributed by atoms with Crippen LogP contribution in [-0.2, 0) is 11.2 Å². The number of H-pyrrole nitrogens is 1. The third-order valence-corrected chi connectivity index (χ3v) is 3.41. The number of nitrogens with zero attached hydrogens (tertiary/aromatic N) is 1. The first kappa shape index (κ1) is 12.6. The number of carbonyl (C=O) groups is 2. The maximum Gasteiger partial charge on any atom is 0.335 e. The van der Waals surface area contributed by atoms with Crippen LogP contribution < -0.4 is 5.69 Å². The molecular formula is C12H16N2O4. The molecule has 6 heteroatoms. The van der Waals surface area contributed by atoms with Crippen LogP contribution in [-0.4, -0.2) is 26.3 Å². The normalized spacial score (nSPS) is 20.1. The van der Waals surface area contributed by atoms with Crippen LogP contribution in [0, 0.1) is 5.92 Å². The van der Waals surface area contributed by atoms with E-state index in [2.05, 4.69) is 4.98 Å². The molecule has 0 aromatic carbocycles. The predicted octanol–water partition coefficient (Wildman–Crippen LogP) is 0.844. The number of Topliss-reactive ketones (excluding diaryl/α,β-unsaturated/α-hetero) is 1. The van der Waals surface area contributed by atoms with Crippen molar-refractivity contribution in [1.29, 1.82) is 0 Å². The van der Waals surface area contributed by atoms with Crippen molar-refractivity contribution in [2.45, 2.75) is 39.0 Å². The molecule has 2 rings (SSSR count). The van der Waals surface area contributed by atoms with Crippen molar-refractivity contribution in [3.05, 3.63) is 16.2 Å². The number of aromatic amines is 1. The minimum Gasteiger partial charge on any atom is -0.493 e. The Kier molecular flexibility index (Phi) is 3.36. The Bertz CT molecular complexity index is 541. The quantitative estimate of drug-likeness (QED) is 0.816. The Labute approximate surface area is 104 Å². The van der Waals surface area contributed by atoms with E-state index in [0.29, 0.717) is 6.42 Å². The number of ketones is 1.